The molecular formula is C21H34F2N4O3. The van der Waals surface area contributed by atoms with Gasteiger partial charge in [-0.25, -0.2) is 0 Å². The topological polar surface area (TPSA) is 67.4 Å². The van der Waals surface area contributed by atoms with Crippen LogP contribution in [0.2, 0.25) is 0 Å². The van der Waals surface area contributed by atoms with Gasteiger partial charge in [0.2, 0.25) is 0 Å². The Balaban J connectivity index is 1.80. The highest BCUT2D eigenvalue weighted by Crippen LogP contribution is 2.31. The first kappa shape index (κ1) is 24.1. The maximum atomic E-state index is 12.7. The number of guanidine groups is 1. The summed E-state index contributed by atoms with van der Waals surface area (Å²) in [6, 6.07) is 7.10. The van der Waals surface area contributed by atoms with Crippen molar-refractivity contribution in [3.63, 3.8) is 0 Å². The Kier molecular flexibility index (Phi) is 11.2. The molecule has 7 nitrogen and oxygen atoms in total. The number of rotatable bonds is 13. The molecule has 9 heteroatoms. The second-order valence-corrected chi connectivity index (χ2v) is 7.00. The van der Waals surface area contributed by atoms with E-state index in [0.29, 0.717) is 38.6 Å². The van der Waals surface area contributed by atoms with Gasteiger partial charge in [-0.1, -0.05) is 12.1 Å². The quantitative estimate of drug-likeness (QED) is 0.286. The molecule has 1 aliphatic heterocycles. The van der Waals surface area contributed by atoms with Gasteiger partial charge in [-0.15, -0.1) is 0 Å². The van der Waals surface area contributed by atoms with Crippen LogP contribution in [-0.4, -0.2) is 71.7 Å². The lowest BCUT2D eigenvalue weighted by atomic mass is 10.2. The van der Waals surface area contributed by atoms with E-state index in [1.165, 1.54) is 0 Å². The highest BCUT2D eigenvalue weighted by Gasteiger charge is 2.26. The van der Waals surface area contributed by atoms with Crippen LogP contribution in [0.25, 0.3) is 0 Å². The van der Waals surface area contributed by atoms with Crippen molar-refractivity contribution in [2.75, 3.05) is 58.0 Å². The molecule has 2 N–H and O–H groups in total. The normalized spacial score (nSPS) is 16.9. The summed E-state index contributed by atoms with van der Waals surface area (Å²) in [6.07, 6.45) is 2.78. The van der Waals surface area contributed by atoms with Crippen molar-refractivity contribution >= 4 is 11.6 Å². The van der Waals surface area contributed by atoms with Gasteiger partial charge in [0.15, 0.2) is 5.96 Å². The van der Waals surface area contributed by atoms with Crippen molar-refractivity contribution in [3.05, 3.63) is 24.3 Å². The van der Waals surface area contributed by atoms with Crippen LogP contribution in [0, 0.1) is 0 Å². The number of aliphatic imine (C=N–C) groups is 1. The van der Waals surface area contributed by atoms with Gasteiger partial charge < -0.3 is 29.7 Å². The fourth-order valence-corrected chi connectivity index (χ4v) is 3.28. The molecule has 1 unspecified atom stereocenters. The van der Waals surface area contributed by atoms with E-state index in [2.05, 4.69) is 25.3 Å². The molecule has 30 heavy (non-hydrogen) atoms. The van der Waals surface area contributed by atoms with Crippen molar-refractivity contribution < 1.29 is 23.0 Å². The van der Waals surface area contributed by atoms with Gasteiger partial charge in [0, 0.05) is 45.9 Å². The van der Waals surface area contributed by atoms with E-state index >= 15 is 0 Å². The van der Waals surface area contributed by atoms with E-state index < -0.39 is 6.61 Å². The number of unbranched alkanes of at least 4 members (excludes halogenated alkanes) is 1. The van der Waals surface area contributed by atoms with Gasteiger partial charge in [0.05, 0.1) is 18.9 Å². The Bertz CT molecular complexity index is 634. The number of alkyl halides is 2. The Morgan fingerprint density at radius 3 is 2.83 bits per heavy atom. The second-order valence-electron chi connectivity index (χ2n) is 7.00. The highest BCUT2D eigenvalue weighted by molar-refractivity contribution is 5.80. The molecule has 0 aliphatic carbocycles. The van der Waals surface area contributed by atoms with E-state index in [-0.39, 0.29) is 11.8 Å². The lowest BCUT2D eigenvalue weighted by Crippen LogP contribution is -2.44. The Morgan fingerprint density at radius 1 is 1.23 bits per heavy atom. The lowest BCUT2D eigenvalue weighted by molar-refractivity contribution is -0.0495. The third kappa shape index (κ3) is 8.71. The summed E-state index contributed by atoms with van der Waals surface area (Å²) in [5.41, 5.74) is 0.692. The summed E-state index contributed by atoms with van der Waals surface area (Å²) < 4.78 is 40.4. The first-order valence-electron chi connectivity index (χ1n) is 10.5. The number of halogens is 2. The van der Waals surface area contributed by atoms with Crippen LogP contribution in [0.15, 0.2) is 29.3 Å². The molecule has 0 spiro atoms. The zero-order valence-corrected chi connectivity index (χ0v) is 17.9. The summed E-state index contributed by atoms with van der Waals surface area (Å²) in [6.45, 7) is 4.08. The number of methoxy groups -OCH3 is 1. The molecule has 1 atom stereocenters. The van der Waals surface area contributed by atoms with Gasteiger partial charge in [0.25, 0.3) is 0 Å². The molecule has 170 valence electrons. The highest BCUT2D eigenvalue weighted by atomic mass is 19.3. The average Bonchev–Trinajstić information content (AvgIpc) is 3.18. The Hall–Kier alpha value is -2.13. The van der Waals surface area contributed by atoms with Crippen LogP contribution in [0.1, 0.15) is 26.2 Å². The minimum absolute atomic E-state index is 0.180. The molecule has 0 amide bonds. The Labute approximate surface area is 177 Å². The fraction of sp³-hybridized carbons (Fsp3) is 0.667. The van der Waals surface area contributed by atoms with E-state index in [1.54, 1.807) is 19.2 Å². The molecule has 2 rings (SSSR count). The average molecular weight is 429 g/mol. The molecule has 1 heterocycles. The monoisotopic (exact) mass is 428 g/mol. The molecule has 0 aromatic heterocycles. The molecule has 1 saturated heterocycles. The molecule has 0 radical (unpaired) electrons. The first-order chi connectivity index (χ1) is 14.6. The van der Waals surface area contributed by atoms with Crippen LogP contribution >= 0.6 is 0 Å². The lowest BCUT2D eigenvalue weighted by Gasteiger charge is -2.22. The minimum atomic E-state index is -2.83. The van der Waals surface area contributed by atoms with E-state index in [1.807, 2.05) is 19.1 Å². The summed E-state index contributed by atoms with van der Waals surface area (Å²) >= 11 is 0. The first-order valence-corrected chi connectivity index (χ1v) is 10.5. The predicted molar refractivity (Wildman–Crippen MR) is 115 cm³/mol. The number of hydrogen-bond acceptors (Lipinski definition) is 5. The largest absolute Gasteiger partial charge is 0.433 e. The molecular weight excluding hydrogens is 394 g/mol. The molecule has 0 bridgehead atoms. The fourth-order valence-electron chi connectivity index (χ4n) is 3.28. The van der Waals surface area contributed by atoms with Gasteiger partial charge >= 0.3 is 6.61 Å². The summed E-state index contributed by atoms with van der Waals surface area (Å²) in [7, 11) is 1.66. The van der Waals surface area contributed by atoms with Gasteiger partial charge in [0.1, 0.15) is 5.75 Å². The van der Waals surface area contributed by atoms with Gasteiger partial charge in [-0.3, -0.25) is 4.99 Å². The van der Waals surface area contributed by atoms with Crippen LogP contribution in [0.5, 0.6) is 5.75 Å². The molecule has 1 aliphatic rings. The third-order valence-electron chi connectivity index (χ3n) is 4.69. The zero-order valence-electron chi connectivity index (χ0n) is 17.9. The van der Waals surface area contributed by atoms with E-state index in [0.717, 1.165) is 38.3 Å². The third-order valence-corrected chi connectivity index (χ3v) is 4.69. The number of ether oxygens (including phenoxy) is 3. The van der Waals surface area contributed by atoms with Crippen molar-refractivity contribution in [1.82, 2.24) is 10.6 Å². The van der Waals surface area contributed by atoms with E-state index in [4.69, 9.17) is 9.47 Å². The number of nitrogens with one attached hydrogen (secondary N) is 2. The van der Waals surface area contributed by atoms with Gasteiger partial charge in [-0.2, -0.15) is 8.78 Å². The van der Waals surface area contributed by atoms with Crippen molar-refractivity contribution in [1.29, 1.82) is 0 Å². The molecule has 1 aromatic carbocycles. The number of benzene rings is 1. The zero-order chi connectivity index (χ0) is 21.6. The SMILES string of the molecule is CCNC(=NCCCCOCCOC)NC1CCN(c2ccccc2OC(F)F)C1. The standard InChI is InChI=1S/C21H34F2N4O3/c1-3-24-21(25-11-6-7-13-29-15-14-28-2)26-17-10-12-27(16-17)18-8-4-5-9-19(18)30-20(22)23/h4-5,8-9,17,20H,3,6-7,10-16H2,1-2H3,(H2,24,25,26). The van der Waals surface area contributed by atoms with Crippen LogP contribution in [0.3, 0.4) is 0 Å². The molecule has 1 aromatic rings. The molecule has 0 saturated carbocycles. The van der Waals surface area contributed by atoms with Crippen LogP contribution < -0.4 is 20.3 Å². The van der Waals surface area contributed by atoms with Gasteiger partial charge in [-0.05, 0) is 38.3 Å². The number of para-hydroxylation sites is 2. The van der Waals surface area contributed by atoms with Crippen molar-refractivity contribution in [2.24, 2.45) is 4.99 Å². The Morgan fingerprint density at radius 2 is 2.07 bits per heavy atom. The summed E-state index contributed by atoms with van der Waals surface area (Å²) in [4.78, 5) is 6.70. The van der Waals surface area contributed by atoms with E-state index in [9.17, 15) is 8.78 Å². The maximum absolute atomic E-state index is 12.7. The van der Waals surface area contributed by atoms with Crippen LogP contribution in [0.4, 0.5) is 14.5 Å². The second kappa shape index (κ2) is 14.0. The number of nitrogens with zero attached hydrogens (tertiary/aromatic N) is 2. The number of anilines is 1. The minimum Gasteiger partial charge on any atom is -0.433 e. The summed E-state index contributed by atoms with van der Waals surface area (Å²) in [5, 5.41) is 6.73. The number of hydrogen-bond donors (Lipinski definition) is 2. The van der Waals surface area contributed by atoms with Crippen molar-refractivity contribution in [2.45, 2.75) is 38.8 Å². The smallest absolute Gasteiger partial charge is 0.387 e. The summed E-state index contributed by atoms with van der Waals surface area (Å²) in [5.74, 6) is 0.989. The van der Waals surface area contributed by atoms with Crippen molar-refractivity contribution in [3.8, 4) is 5.75 Å². The maximum Gasteiger partial charge on any atom is 0.387 e. The van der Waals surface area contributed by atoms with Crippen LogP contribution in [-0.2, 0) is 9.47 Å². The molecule has 1 fully saturated rings. The predicted octanol–water partition coefficient (Wildman–Crippen LogP) is 2.87.